The fourth-order valence-electron chi connectivity index (χ4n) is 3.19. The van der Waals surface area contributed by atoms with Gasteiger partial charge in [0.1, 0.15) is 19.3 Å². The van der Waals surface area contributed by atoms with E-state index in [1.807, 2.05) is 6.07 Å². The van der Waals surface area contributed by atoms with Crippen molar-refractivity contribution in [1.82, 2.24) is 5.32 Å². The first-order valence-electron chi connectivity index (χ1n) is 9.85. The number of thioether (sulfide) groups is 1. The molecule has 1 atom stereocenters. The molecule has 0 saturated carbocycles. The minimum Gasteiger partial charge on any atom is -0.486 e. The van der Waals surface area contributed by atoms with E-state index in [-0.39, 0.29) is 0 Å². The SMILES string of the molecule is C[C@H](C(=O)NCCSCc1ccc(Cl)cc1Cl)N(c1ccc2c(c1)OCCO2)S(C)(=O)=O. The third-order valence-corrected chi connectivity index (χ3v) is 7.52. The van der Waals surface area contributed by atoms with Crippen molar-refractivity contribution in [3.8, 4) is 11.5 Å². The van der Waals surface area contributed by atoms with Crippen LogP contribution in [0.3, 0.4) is 0 Å². The highest BCUT2D eigenvalue weighted by molar-refractivity contribution is 7.98. The number of fused-ring (bicyclic) bond motifs is 1. The van der Waals surface area contributed by atoms with Crippen molar-refractivity contribution in [1.29, 1.82) is 0 Å². The third kappa shape index (κ3) is 6.37. The van der Waals surface area contributed by atoms with Crippen molar-refractivity contribution in [2.75, 3.05) is 36.1 Å². The van der Waals surface area contributed by atoms with Gasteiger partial charge in [0.05, 0.1) is 11.9 Å². The molecule has 1 heterocycles. The lowest BCUT2D eigenvalue weighted by Gasteiger charge is -2.29. The second-order valence-corrected chi connectivity index (χ2v) is 11.0. The summed E-state index contributed by atoms with van der Waals surface area (Å²) in [7, 11) is -3.72. The number of benzene rings is 2. The molecule has 0 radical (unpaired) electrons. The van der Waals surface area contributed by atoms with E-state index in [0.29, 0.717) is 58.5 Å². The summed E-state index contributed by atoms with van der Waals surface area (Å²) < 4.78 is 37.1. The number of hydrogen-bond acceptors (Lipinski definition) is 6. The van der Waals surface area contributed by atoms with Gasteiger partial charge in [-0.2, -0.15) is 11.8 Å². The summed E-state index contributed by atoms with van der Waals surface area (Å²) >= 11 is 13.7. The Morgan fingerprint density at radius 1 is 1.16 bits per heavy atom. The summed E-state index contributed by atoms with van der Waals surface area (Å²) in [5.74, 6) is 1.92. The molecule has 0 aromatic heterocycles. The number of rotatable bonds is 9. The number of nitrogens with zero attached hydrogens (tertiary/aromatic N) is 1. The van der Waals surface area contributed by atoms with Gasteiger partial charge in [0.25, 0.3) is 0 Å². The molecular formula is C21H24Cl2N2O5S2. The van der Waals surface area contributed by atoms with Gasteiger partial charge in [-0.3, -0.25) is 9.10 Å². The Bertz CT molecular complexity index is 1080. The summed E-state index contributed by atoms with van der Waals surface area (Å²) in [5, 5.41) is 3.99. The first-order chi connectivity index (χ1) is 15.2. The zero-order chi connectivity index (χ0) is 23.3. The first-order valence-corrected chi connectivity index (χ1v) is 13.6. The summed E-state index contributed by atoms with van der Waals surface area (Å²) in [6, 6.07) is 9.23. The molecule has 0 unspecified atom stereocenters. The number of ether oxygens (including phenoxy) is 2. The minimum absolute atomic E-state index is 0.339. The Morgan fingerprint density at radius 3 is 2.56 bits per heavy atom. The molecule has 32 heavy (non-hydrogen) atoms. The third-order valence-electron chi connectivity index (χ3n) is 4.69. The molecule has 0 fully saturated rings. The van der Waals surface area contributed by atoms with Crippen LogP contribution in [-0.4, -0.2) is 52.1 Å². The molecule has 0 bridgehead atoms. The summed E-state index contributed by atoms with van der Waals surface area (Å²) in [4.78, 5) is 12.7. The van der Waals surface area contributed by atoms with E-state index >= 15 is 0 Å². The molecule has 0 saturated heterocycles. The van der Waals surface area contributed by atoms with Gasteiger partial charge >= 0.3 is 0 Å². The number of hydrogen-bond donors (Lipinski definition) is 1. The van der Waals surface area contributed by atoms with E-state index in [2.05, 4.69) is 5.32 Å². The lowest BCUT2D eigenvalue weighted by molar-refractivity contribution is -0.121. The fourth-order valence-corrected chi connectivity index (χ4v) is 5.78. The van der Waals surface area contributed by atoms with Gasteiger partial charge in [0.15, 0.2) is 11.5 Å². The molecule has 1 aliphatic rings. The number of amides is 1. The van der Waals surface area contributed by atoms with Crippen LogP contribution in [0.2, 0.25) is 10.0 Å². The van der Waals surface area contributed by atoms with Gasteiger partial charge in [0.2, 0.25) is 15.9 Å². The molecule has 1 N–H and O–H groups in total. The van der Waals surface area contributed by atoms with E-state index in [9.17, 15) is 13.2 Å². The van der Waals surface area contributed by atoms with Crippen molar-refractivity contribution in [3.05, 3.63) is 52.0 Å². The van der Waals surface area contributed by atoms with Crippen LogP contribution in [0, 0.1) is 0 Å². The van der Waals surface area contributed by atoms with Crippen molar-refractivity contribution >= 4 is 56.6 Å². The van der Waals surface area contributed by atoms with Crippen LogP contribution in [0.4, 0.5) is 5.69 Å². The van der Waals surface area contributed by atoms with Crippen molar-refractivity contribution in [3.63, 3.8) is 0 Å². The highest BCUT2D eigenvalue weighted by Crippen LogP contribution is 2.35. The molecule has 0 spiro atoms. The Hall–Kier alpha value is -1.81. The minimum atomic E-state index is -3.72. The smallest absolute Gasteiger partial charge is 0.243 e. The van der Waals surface area contributed by atoms with E-state index in [4.69, 9.17) is 32.7 Å². The molecule has 2 aromatic carbocycles. The molecular weight excluding hydrogens is 495 g/mol. The van der Waals surface area contributed by atoms with Gasteiger partial charge in [0, 0.05) is 34.2 Å². The van der Waals surface area contributed by atoms with Gasteiger partial charge < -0.3 is 14.8 Å². The number of anilines is 1. The molecule has 11 heteroatoms. The Morgan fingerprint density at radius 2 is 1.88 bits per heavy atom. The Kier molecular flexibility index (Phi) is 8.43. The van der Waals surface area contributed by atoms with E-state index < -0.39 is 22.0 Å². The van der Waals surface area contributed by atoms with Crippen molar-refractivity contribution < 1.29 is 22.7 Å². The second kappa shape index (κ2) is 10.9. The maximum atomic E-state index is 12.7. The highest BCUT2D eigenvalue weighted by atomic mass is 35.5. The number of carbonyl (C=O) groups is 1. The molecule has 174 valence electrons. The predicted octanol–water partition coefficient (Wildman–Crippen LogP) is 3.97. The monoisotopic (exact) mass is 518 g/mol. The van der Waals surface area contributed by atoms with Gasteiger partial charge in [-0.15, -0.1) is 0 Å². The molecule has 2 aromatic rings. The van der Waals surface area contributed by atoms with E-state index in [0.717, 1.165) is 16.1 Å². The van der Waals surface area contributed by atoms with Crippen LogP contribution < -0.4 is 19.1 Å². The van der Waals surface area contributed by atoms with Gasteiger partial charge in [-0.05, 0) is 36.8 Å². The zero-order valence-corrected chi connectivity index (χ0v) is 20.8. The normalized spacial score (nSPS) is 14.0. The van der Waals surface area contributed by atoms with Gasteiger partial charge in [-0.25, -0.2) is 8.42 Å². The molecule has 0 aliphatic carbocycles. The standard InChI is InChI=1S/C21H24Cl2N2O5S2/c1-14(21(26)24-7-10-31-13-15-3-4-16(22)11-18(15)23)25(32(2,27)28)17-5-6-19-20(12-17)30-9-8-29-19/h3-6,11-12,14H,7-10,13H2,1-2H3,(H,24,26)/t14-/m1/s1. The number of halogens is 2. The fraction of sp³-hybridized carbons (Fsp3) is 0.381. The molecule has 3 rings (SSSR count). The number of carbonyl (C=O) groups excluding carboxylic acids is 1. The second-order valence-electron chi connectivity index (χ2n) is 7.14. The van der Waals surface area contributed by atoms with Crippen molar-refractivity contribution in [2.24, 2.45) is 0 Å². The highest BCUT2D eigenvalue weighted by Gasteiger charge is 2.30. The maximum absolute atomic E-state index is 12.7. The summed E-state index contributed by atoms with van der Waals surface area (Å²) in [6.07, 6.45) is 1.07. The lowest BCUT2D eigenvalue weighted by atomic mass is 10.2. The van der Waals surface area contributed by atoms with Crippen LogP contribution in [0.1, 0.15) is 12.5 Å². The van der Waals surface area contributed by atoms with E-state index in [1.54, 1.807) is 49.0 Å². The van der Waals surface area contributed by atoms with E-state index in [1.165, 1.54) is 0 Å². The van der Waals surface area contributed by atoms with Crippen LogP contribution >= 0.6 is 35.0 Å². The quantitative estimate of drug-likeness (QED) is 0.505. The summed E-state index contributed by atoms with van der Waals surface area (Å²) in [6.45, 7) is 2.75. The predicted molar refractivity (Wildman–Crippen MR) is 130 cm³/mol. The van der Waals surface area contributed by atoms with Crippen LogP contribution in [0.15, 0.2) is 36.4 Å². The Labute approximate surface area is 202 Å². The largest absolute Gasteiger partial charge is 0.486 e. The van der Waals surface area contributed by atoms with Crippen LogP contribution in [-0.2, 0) is 20.6 Å². The molecule has 1 amide bonds. The zero-order valence-electron chi connectivity index (χ0n) is 17.6. The van der Waals surface area contributed by atoms with Crippen molar-refractivity contribution in [2.45, 2.75) is 18.7 Å². The first kappa shape index (κ1) is 24.8. The maximum Gasteiger partial charge on any atom is 0.243 e. The topological polar surface area (TPSA) is 84.9 Å². The summed E-state index contributed by atoms with van der Waals surface area (Å²) in [5.41, 5.74) is 1.30. The number of nitrogens with one attached hydrogen (secondary N) is 1. The average Bonchev–Trinajstić information content (AvgIpc) is 2.73. The molecule has 7 nitrogen and oxygen atoms in total. The Balaban J connectivity index is 1.58. The molecule has 1 aliphatic heterocycles. The van der Waals surface area contributed by atoms with Gasteiger partial charge in [-0.1, -0.05) is 29.3 Å². The number of sulfonamides is 1. The van der Waals surface area contributed by atoms with Crippen LogP contribution in [0.5, 0.6) is 11.5 Å². The lowest BCUT2D eigenvalue weighted by Crippen LogP contribution is -2.48. The average molecular weight is 519 g/mol. The van der Waals surface area contributed by atoms with Crippen LogP contribution in [0.25, 0.3) is 0 Å².